The van der Waals surface area contributed by atoms with Gasteiger partial charge in [-0.1, -0.05) is 64.2 Å². The third-order valence-corrected chi connectivity index (χ3v) is 8.76. The van der Waals surface area contributed by atoms with Crippen molar-refractivity contribution >= 4 is 29.6 Å². The maximum Gasteiger partial charge on any atom is 0.243 e. The van der Waals surface area contributed by atoms with Crippen molar-refractivity contribution in [2.24, 2.45) is 45.5 Å². The number of nitrogens with two attached hydrogens (primary N) is 5. The van der Waals surface area contributed by atoms with Crippen molar-refractivity contribution in [3.63, 3.8) is 0 Å². The Balaban J connectivity index is 2.11. The molecule has 13 N–H and O–H groups in total. The zero-order valence-electron chi connectivity index (χ0n) is 25.9. The predicted octanol–water partition coefficient (Wildman–Crippen LogP) is 0.377. The predicted molar refractivity (Wildman–Crippen MR) is 168 cm³/mol. The monoisotopic (exact) mass is 607 g/mol. The summed E-state index contributed by atoms with van der Waals surface area (Å²) in [5, 5.41) is 8.55. The molecule has 0 bridgehead atoms. The summed E-state index contributed by atoms with van der Waals surface area (Å²) in [6.07, 6.45) is 14.1. The Kier molecular flexibility index (Phi) is 17.0. The molecule has 0 heterocycles. The Hall–Kier alpha value is -2.93. The molecule has 2 aliphatic rings. The van der Waals surface area contributed by atoms with Gasteiger partial charge in [0.1, 0.15) is 18.1 Å². The van der Waals surface area contributed by atoms with E-state index < -0.39 is 47.8 Å². The Morgan fingerprint density at radius 2 is 1.16 bits per heavy atom. The van der Waals surface area contributed by atoms with Gasteiger partial charge in [0.15, 0.2) is 5.96 Å². The number of hydrogen-bond acceptors (Lipinski definition) is 7. The van der Waals surface area contributed by atoms with Crippen LogP contribution in [0, 0.1) is 11.8 Å². The van der Waals surface area contributed by atoms with E-state index in [1.165, 1.54) is 6.42 Å². The summed E-state index contributed by atoms with van der Waals surface area (Å²) in [5.74, 6) is -1.33. The van der Waals surface area contributed by atoms with Gasteiger partial charge in [-0.3, -0.25) is 24.2 Å². The maximum atomic E-state index is 13.7. The highest BCUT2D eigenvalue weighted by Crippen LogP contribution is 2.28. The molecule has 0 aliphatic heterocycles. The van der Waals surface area contributed by atoms with Gasteiger partial charge in [0.2, 0.25) is 23.6 Å². The molecule has 2 saturated carbocycles. The van der Waals surface area contributed by atoms with Gasteiger partial charge in [-0.15, -0.1) is 0 Å². The van der Waals surface area contributed by atoms with E-state index in [4.69, 9.17) is 28.7 Å². The minimum absolute atomic E-state index is 0.0246. The van der Waals surface area contributed by atoms with Crippen molar-refractivity contribution in [2.75, 3.05) is 13.1 Å². The summed E-state index contributed by atoms with van der Waals surface area (Å²) < 4.78 is 0. The van der Waals surface area contributed by atoms with Crippen molar-refractivity contribution in [1.29, 1.82) is 0 Å². The van der Waals surface area contributed by atoms with E-state index in [1.807, 2.05) is 0 Å². The van der Waals surface area contributed by atoms with Gasteiger partial charge < -0.3 is 44.6 Å². The Morgan fingerprint density at radius 1 is 0.651 bits per heavy atom. The van der Waals surface area contributed by atoms with Crippen molar-refractivity contribution in [3.05, 3.63) is 0 Å². The molecule has 0 aromatic rings. The first-order valence-corrected chi connectivity index (χ1v) is 16.3. The molecular weight excluding hydrogens is 550 g/mol. The summed E-state index contributed by atoms with van der Waals surface area (Å²) >= 11 is 0. The third kappa shape index (κ3) is 14.4. The van der Waals surface area contributed by atoms with Crippen LogP contribution >= 0.6 is 0 Å². The number of hydrogen-bond donors (Lipinski definition) is 8. The van der Waals surface area contributed by atoms with Gasteiger partial charge in [-0.2, -0.15) is 0 Å². The standard InChI is InChI=1S/C30H57N9O4/c31-16-8-7-15-23(28(42)38-24(26(33)40)18-20-10-3-1-4-11-20)37-29(43)25(19-21-12-5-2-6-13-21)39-27(41)22(32)14-9-17-36-30(34)35/h20-25H,1-19,31-32H2,(H2,33,40)(H,37,43)(H,38,42)(H,39,41)(H4,34,35,36)/t22-,23+,24+,25+/m1/s1. The fourth-order valence-electron chi connectivity index (χ4n) is 6.23. The first-order chi connectivity index (χ1) is 20.6. The van der Waals surface area contributed by atoms with Crippen LogP contribution in [0.15, 0.2) is 4.99 Å². The van der Waals surface area contributed by atoms with Crippen LogP contribution < -0.4 is 44.6 Å². The van der Waals surface area contributed by atoms with E-state index in [9.17, 15) is 19.2 Å². The molecule has 2 rings (SSSR count). The molecule has 4 amide bonds. The van der Waals surface area contributed by atoms with Crippen LogP contribution in [-0.4, -0.2) is 66.8 Å². The average Bonchev–Trinajstić information content (AvgIpc) is 2.98. The lowest BCUT2D eigenvalue weighted by Crippen LogP contribution is -2.58. The molecule has 13 heteroatoms. The Morgan fingerprint density at radius 3 is 1.70 bits per heavy atom. The second-order valence-electron chi connectivity index (χ2n) is 12.4. The van der Waals surface area contributed by atoms with E-state index >= 15 is 0 Å². The summed E-state index contributed by atoms with van der Waals surface area (Å²) in [6.45, 7) is 0.803. The Bertz CT molecular complexity index is 900. The van der Waals surface area contributed by atoms with Crippen LogP contribution in [0.5, 0.6) is 0 Å². The van der Waals surface area contributed by atoms with Crippen molar-refractivity contribution in [1.82, 2.24) is 16.0 Å². The van der Waals surface area contributed by atoms with Crippen LogP contribution in [0.3, 0.4) is 0 Å². The van der Waals surface area contributed by atoms with Crippen molar-refractivity contribution < 1.29 is 19.2 Å². The molecule has 13 nitrogen and oxygen atoms in total. The lowest BCUT2D eigenvalue weighted by molar-refractivity contribution is -0.134. The van der Waals surface area contributed by atoms with E-state index in [0.29, 0.717) is 64.0 Å². The number of primary amides is 1. The lowest BCUT2D eigenvalue weighted by Gasteiger charge is -2.30. The van der Waals surface area contributed by atoms with E-state index in [2.05, 4.69) is 20.9 Å². The molecule has 246 valence electrons. The highest BCUT2D eigenvalue weighted by atomic mass is 16.2. The number of amides is 4. The normalized spacial score (nSPS) is 18.9. The molecule has 2 aliphatic carbocycles. The molecule has 0 spiro atoms. The number of unbranched alkanes of at least 4 members (excludes halogenated alkanes) is 1. The molecule has 43 heavy (non-hydrogen) atoms. The van der Waals surface area contributed by atoms with Crippen LogP contribution in [0.2, 0.25) is 0 Å². The molecule has 0 saturated heterocycles. The second kappa shape index (κ2) is 20.1. The van der Waals surface area contributed by atoms with Gasteiger partial charge in [0.05, 0.1) is 6.04 Å². The Labute approximate surface area is 256 Å². The lowest BCUT2D eigenvalue weighted by atomic mass is 9.84. The van der Waals surface area contributed by atoms with Crippen LogP contribution in [0.25, 0.3) is 0 Å². The van der Waals surface area contributed by atoms with Crippen molar-refractivity contribution in [3.8, 4) is 0 Å². The minimum atomic E-state index is -0.897. The summed E-state index contributed by atoms with van der Waals surface area (Å²) in [6, 6.07) is -3.39. The largest absolute Gasteiger partial charge is 0.370 e. The number of rotatable bonds is 19. The molecule has 0 aromatic carbocycles. The number of aliphatic imine (C=N–C) groups is 1. The summed E-state index contributed by atoms with van der Waals surface area (Å²) in [4.78, 5) is 56.4. The number of nitrogens with one attached hydrogen (secondary N) is 3. The van der Waals surface area contributed by atoms with Gasteiger partial charge in [0, 0.05) is 6.54 Å². The van der Waals surface area contributed by atoms with Crippen molar-refractivity contribution in [2.45, 2.75) is 133 Å². The smallest absolute Gasteiger partial charge is 0.243 e. The zero-order chi connectivity index (χ0) is 31.6. The summed E-state index contributed by atoms with van der Waals surface area (Å²) in [7, 11) is 0. The SMILES string of the molecule is NCCCC[C@H](NC(=O)[C@H](CC1CCCCC1)NC(=O)[C@H](N)CCCN=C(N)N)C(=O)N[C@@H](CC1CCCCC1)C(N)=O. The number of carbonyl (C=O) groups is 4. The number of carbonyl (C=O) groups excluding carboxylic acids is 4. The molecule has 4 atom stereocenters. The quantitative estimate of drug-likeness (QED) is 0.0577. The first kappa shape index (κ1) is 36.3. The molecule has 0 aromatic heterocycles. The van der Waals surface area contributed by atoms with Gasteiger partial charge >= 0.3 is 0 Å². The molecule has 0 radical (unpaired) electrons. The number of nitrogens with zero attached hydrogens (tertiary/aromatic N) is 1. The molecule has 2 fully saturated rings. The number of guanidine groups is 1. The summed E-state index contributed by atoms with van der Waals surface area (Å²) in [5.41, 5.74) is 28.2. The van der Waals surface area contributed by atoms with E-state index in [0.717, 1.165) is 57.8 Å². The van der Waals surface area contributed by atoms with Crippen LogP contribution in [0.4, 0.5) is 0 Å². The average molecular weight is 608 g/mol. The zero-order valence-corrected chi connectivity index (χ0v) is 25.9. The fourth-order valence-corrected chi connectivity index (χ4v) is 6.23. The first-order valence-electron chi connectivity index (χ1n) is 16.3. The van der Waals surface area contributed by atoms with Crippen LogP contribution in [0.1, 0.15) is 109 Å². The van der Waals surface area contributed by atoms with E-state index in [1.54, 1.807) is 0 Å². The second-order valence-corrected chi connectivity index (χ2v) is 12.4. The van der Waals surface area contributed by atoms with Gasteiger partial charge in [-0.05, 0) is 63.3 Å². The minimum Gasteiger partial charge on any atom is -0.370 e. The topological polar surface area (TPSA) is 247 Å². The highest BCUT2D eigenvalue weighted by Gasteiger charge is 2.32. The maximum absolute atomic E-state index is 13.7. The van der Waals surface area contributed by atoms with Gasteiger partial charge in [-0.25, -0.2) is 0 Å². The van der Waals surface area contributed by atoms with E-state index in [-0.39, 0.29) is 11.9 Å². The van der Waals surface area contributed by atoms with Gasteiger partial charge in [0.25, 0.3) is 0 Å². The molecule has 0 unspecified atom stereocenters. The highest BCUT2D eigenvalue weighted by molar-refractivity contribution is 5.94. The van der Waals surface area contributed by atoms with Crippen LogP contribution in [-0.2, 0) is 19.2 Å². The molecular formula is C30H57N9O4. The third-order valence-electron chi connectivity index (χ3n) is 8.76. The fraction of sp³-hybridized carbons (Fsp3) is 0.833.